The molecule has 0 spiro atoms. The van der Waals surface area contributed by atoms with Crippen LogP contribution in [0.25, 0.3) is 0 Å². The molecule has 1 aromatic rings. The van der Waals surface area contributed by atoms with E-state index in [1.807, 2.05) is 13.0 Å². The van der Waals surface area contributed by atoms with Crippen LogP contribution < -0.4 is 15.8 Å². The van der Waals surface area contributed by atoms with E-state index in [4.69, 9.17) is 10.5 Å². The number of rotatable bonds is 5. The number of halogens is 1. The summed E-state index contributed by atoms with van der Waals surface area (Å²) in [6.45, 7) is 3.18. The summed E-state index contributed by atoms with van der Waals surface area (Å²) in [5.41, 5.74) is 7.97. The third-order valence-corrected chi connectivity index (χ3v) is 3.67. The molecule has 2 rings (SSSR count). The fourth-order valence-corrected chi connectivity index (χ4v) is 2.79. The van der Waals surface area contributed by atoms with Crippen molar-refractivity contribution in [3.63, 3.8) is 0 Å². The molecule has 0 fully saturated rings. The van der Waals surface area contributed by atoms with Gasteiger partial charge in [-0.1, -0.05) is 29.3 Å². The maximum Gasteiger partial charge on any atom is 0.237 e. The summed E-state index contributed by atoms with van der Waals surface area (Å²) in [6, 6.07) is 3.62. The summed E-state index contributed by atoms with van der Waals surface area (Å²) < 4.78 is 6.63. The minimum atomic E-state index is -0.425. The van der Waals surface area contributed by atoms with Gasteiger partial charge in [0.15, 0.2) is 0 Å². The van der Waals surface area contributed by atoms with Gasteiger partial charge in [0, 0.05) is 23.0 Å². The van der Waals surface area contributed by atoms with Crippen molar-refractivity contribution in [1.82, 2.24) is 5.32 Å². The first-order valence-electron chi connectivity index (χ1n) is 6.59. The standard InChI is InChI=1S/C14H19BrN2O2/c1-2-3-12(16)14(18)17-8-10-7-11(15)6-9-4-5-19-13(9)10/h6-7,12H,2-5,8,16H2,1H3,(H,17,18). The lowest BCUT2D eigenvalue weighted by Crippen LogP contribution is -2.40. The minimum absolute atomic E-state index is 0.103. The zero-order valence-corrected chi connectivity index (χ0v) is 12.6. The third kappa shape index (κ3) is 3.48. The molecule has 0 saturated heterocycles. The summed E-state index contributed by atoms with van der Waals surface area (Å²) in [5, 5.41) is 2.88. The lowest BCUT2D eigenvalue weighted by molar-refractivity contribution is -0.122. The Bertz CT molecular complexity index is 477. The molecule has 5 heteroatoms. The number of nitrogens with two attached hydrogens (primary N) is 1. The molecule has 19 heavy (non-hydrogen) atoms. The van der Waals surface area contributed by atoms with Crippen molar-refractivity contribution >= 4 is 21.8 Å². The molecule has 4 nitrogen and oxygen atoms in total. The SMILES string of the molecule is CCCC(N)C(=O)NCc1cc(Br)cc2c1OCC2. The number of amides is 1. The second-order valence-electron chi connectivity index (χ2n) is 4.76. The molecule has 3 N–H and O–H groups in total. The minimum Gasteiger partial charge on any atom is -0.493 e. The van der Waals surface area contributed by atoms with Gasteiger partial charge in [-0.2, -0.15) is 0 Å². The monoisotopic (exact) mass is 326 g/mol. The predicted molar refractivity (Wildman–Crippen MR) is 78.1 cm³/mol. The van der Waals surface area contributed by atoms with E-state index < -0.39 is 6.04 Å². The quantitative estimate of drug-likeness (QED) is 0.871. The Balaban J connectivity index is 2.02. The molecular formula is C14H19BrN2O2. The summed E-state index contributed by atoms with van der Waals surface area (Å²) >= 11 is 3.48. The molecule has 1 heterocycles. The highest BCUT2D eigenvalue weighted by Gasteiger charge is 2.18. The van der Waals surface area contributed by atoms with Crippen LogP contribution in [0.1, 0.15) is 30.9 Å². The summed E-state index contributed by atoms with van der Waals surface area (Å²) in [5.74, 6) is 0.807. The Kier molecular flexibility index (Phi) is 4.82. The normalized spacial score (nSPS) is 14.7. The van der Waals surface area contributed by atoms with Gasteiger partial charge in [-0.15, -0.1) is 0 Å². The molecule has 1 aliphatic heterocycles. The van der Waals surface area contributed by atoms with Gasteiger partial charge < -0.3 is 15.8 Å². The molecule has 0 bridgehead atoms. The smallest absolute Gasteiger partial charge is 0.237 e. The average molecular weight is 327 g/mol. The number of hydrogen-bond acceptors (Lipinski definition) is 3. The largest absolute Gasteiger partial charge is 0.493 e. The number of carbonyl (C=O) groups excluding carboxylic acids is 1. The second-order valence-corrected chi connectivity index (χ2v) is 5.68. The van der Waals surface area contributed by atoms with E-state index in [9.17, 15) is 4.79 Å². The molecule has 104 valence electrons. The van der Waals surface area contributed by atoms with E-state index in [2.05, 4.69) is 27.3 Å². The van der Waals surface area contributed by atoms with Crippen LogP contribution in [-0.2, 0) is 17.8 Å². The van der Waals surface area contributed by atoms with Crippen LogP contribution in [0, 0.1) is 0 Å². The second kappa shape index (κ2) is 6.39. The van der Waals surface area contributed by atoms with Crippen molar-refractivity contribution < 1.29 is 9.53 Å². The van der Waals surface area contributed by atoms with Crippen LogP contribution in [0.3, 0.4) is 0 Å². The number of benzene rings is 1. The van der Waals surface area contributed by atoms with Gasteiger partial charge in [0.05, 0.1) is 12.6 Å². The highest BCUT2D eigenvalue weighted by molar-refractivity contribution is 9.10. The molecule has 0 saturated carbocycles. The average Bonchev–Trinajstić information content (AvgIpc) is 2.83. The van der Waals surface area contributed by atoms with E-state index >= 15 is 0 Å². The van der Waals surface area contributed by atoms with Crippen molar-refractivity contribution in [3.8, 4) is 5.75 Å². The van der Waals surface area contributed by atoms with Gasteiger partial charge in [0.1, 0.15) is 5.75 Å². The third-order valence-electron chi connectivity index (χ3n) is 3.21. The lowest BCUT2D eigenvalue weighted by atomic mass is 10.1. The van der Waals surface area contributed by atoms with Gasteiger partial charge in [-0.25, -0.2) is 0 Å². The maximum atomic E-state index is 11.8. The summed E-state index contributed by atoms with van der Waals surface area (Å²) in [6.07, 6.45) is 2.54. The van der Waals surface area contributed by atoms with Crippen LogP contribution in [0.2, 0.25) is 0 Å². The van der Waals surface area contributed by atoms with E-state index in [1.54, 1.807) is 0 Å². The Morgan fingerprint density at radius 3 is 3.11 bits per heavy atom. The van der Waals surface area contributed by atoms with E-state index in [1.165, 1.54) is 5.56 Å². The molecular weight excluding hydrogens is 308 g/mol. The van der Waals surface area contributed by atoms with Gasteiger partial charge in [-0.3, -0.25) is 4.79 Å². The number of fused-ring (bicyclic) bond motifs is 1. The number of hydrogen-bond donors (Lipinski definition) is 2. The lowest BCUT2D eigenvalue weighted by Gasteiger charge is -2.13. The first kappa shape index (κ1) is 14.3. The molecule has 1 amide bonds. The fourth-order valence-electron chi connectivity index (χ4n) is 2.23. The molecule has 1 atom stereocenters. The summed E-state index contributed by atoms with van der Waals surface area (Å²) in [4.78, 5) is 11.8. The topological polar surface area (TPSA) is 64.4 Å². The summed E-state index contributed by atoms with van der Waals surface area (Å²) in [7, 11) is 0. The Morgan fingerprint density at radius 1 is 1.58 bits per heavy atom. The van der Waals surface area contributed by atoms with Crippen molar-refractivity contribution in [3.05, 3.63) is 27.7 Å². The molecule has 0 radical (unpaired) electrons. The Hall–Kier alpha value is -1.07. The number of carbonyl (C=O) groups is 1. The molecule has 1 unspecified atom stereocenters. The molecule has 1 aromatic carbocycles. The Labute approximate surface area is 121 Å². The highest BCUT2D eigenvalue weighted by atomic mass is 79.9. The van der Waals surface area contributed by atoms with Gasteiger partial charge in [0.25, 0.3) is 0 Å². The van der Waals surface area contributed by atoms with Crippen molar-refractivity contribution in [2.75, 3.05) is 6.61 Å². The first-order valence-corrected chi connectivity index (χ1v) is 7.38. The number of nitrogens with one attached hydrogen (secondary N) is 1. The van der Waals surface area contributed by atoms with Crippen LogP contribution >= 0.6 is 15.9 Å². The highest BCUT2D eigenvalue weighted by Crippen LogP contribution is 2.32. The van der Waals surface area contributed by atoms with Gasteiger partial charge >= 0.3 is 0 Å². The number of ether oxygens (including phenoxy) is 1. The van der Waals surface area contributed by atoms with Gasteiger partial charge in [-0.05, 0) is 24.1 Å². The van der Waals surface area contributed by atoms with Crippen molar-refractivity contribution in [2.45, 2.75) is 38.8 Å². The molecule has 1 aliphatic rings. The van der Waals surface area contributed by atoms with Crippen LogP contribution in [-0.4, -0.2) is 18.6 Å². The Morgan fingerprint density at radius 2 is 2.37 bits per heavy atom. The molecule has 0 aromatic heterocycles. The van der Waals surface area contributed by atoms with Crippen molar-refractivity contribution in [2.24, 2.45) is 5.73 Å². The van der Waals surface area contributed by atoms with Crippen LogP contribution in [0.4, 0.5) is 0 Å². The first-order chi connectivity index (χ1) is 9.11. The predicted octanol–water partition coefficient (Wildman–Crippen LogP) is 2.13. The van der Waals surface area contributed by atoms with E-state index in [0.717, 1.165) is 28.6 Å². The molecule has 0 aliphatic carbocycles. The van der Waals surface area contributed by atoms with Gasteiger partial charge in [0.2, 0.25) is 5.91 Å². The van der Waals surface area contributed by atoms with Crippen LogP contribution in [0.5, 0.6) is 5.75 Å². The van der Waals surface area contributed by atoms with Crippen molar-refractivity contribution in [1.29, 1.82) is 0 Å². The van der Waals surface area contributed by atoms with E-state index in [-0.39, 0.29) is 5.91 Å². The van der Waals surface area contributed by atoms with Crippen LogP contribution in [0.15, 0.2) is 16.6 Å². The van der Waals surface area contributed by atoms with E-state index in [0.29, 0.717) is 19.6 Å². The zero-order chi connectivity index (χ0) is 13.8. The maximum absolute atomic E-state index is 11.8. The fraction of sp³-hybridized carbons (Fsp3) is 0.500. The zero-order valence-electron chi connectivity index (χ0n) is 11.0.